The van der Waals surface area contributed by atoms with Crippen molar-refractivity contribution in [1.82, 2.24) is 4.90 Å². The average Bonchev–Trinajstić information content (AvgIpc) is 3.53. The summed E-state index contributed by atoms with van der Waals surface area (Å²) >= 11 is 1.49. The fourth-order valence-electron chi connectivity index (χ4n) is 6.60. The van der Waals surface area contributed by atoms with E-state index in [1.807, 2.05) is 23.6 Å². The number of ether oxygens (including phenoxy) is 2. The maximum atomic E-state index is 13.8. The number of hydrogen-bond donors (Lipinski definition) is 1. The van der Waals surface area contributed by atoms with Crippen molar-refractivity contribution in [3.8, 4) is 17.2 Å². The van der Waals surface area contributed by atoms with E-state index in [0.29, 0.717) is 28.7 Å². The predicted octanol–water partition coefficient (Wildman–Crippen LogP) is 4.10. The van der Waals surface area contributed by atoms with Crippen molar-refractivity contribution >= 4 is 34.7 Å². The van der Waals surface area contributed by atoms with Gasteiger partial charge >= 0.3 is 0 Å². The second-order valence-corrected chi connectivity index (χ2v) is 11.4. The molecule has 2 heterocycles. The number of rotatable bonds is 5. The number of hydrogen-bond acceptors (Lipinski definition) is 8. The quantitative estimate of drug-likeness (QED) is 0.342. The number of amides is 2. The molecule has 1 saturated heterocycles. The Hall–Kier alpha value is -3.98. The van der Waals surface area contributed by atoms with Gasteiger partial charge in [0, 0.05) is 27.5 Å². The van der Waals surface area contributed by atoms with Gasteiger partial charge in [0.25, 0.3) is 0 Å². The molecule has 1 aromatic carbocycles. The minimum Gasteiger partial charge on any atom is -0.502 e. The lowest BCUT2D eigenvalue weighted by atomic mass is 9.59. The molecule has 9 heteroatoms. The lowest BCUT2D eigenvalue weighted by Crippen LogP contribution is -2.39. The summed E-state index contributed by atoms with van der Waals surface area (Å²) in [5.74, 6) is -2.96. The number of carbonyl (C=O) groups excluding carboxylic acids is 4. The maximum Gasteiger partial charge on any atom is 0.234 e. The number of ketones is 2. The van der Waals surface area contributed by atoms with Crippen molar-refractivity contribution in [3.63, 3.8) is 0 Å². The number of phenolic OH excluding ortho intramolecular Hbond substituents is 1. The summed E-state index contributed by atoms with van der Waals surface area (Å²) in [6.07, 6.45) is 3.91. The smallest absolute Gasteiger partial charge is 0.234 e. The Morgan fingerprint density at radius 2 is 1.77 bits per heavy atom. The van der Waals surface area contributed by atoms with Crippen LogP contribution in [0.5, 0.6) is 17.2 Å². The van der Waals surface area contributed by atoms with Crippen LogP contribution in [0.1, 0.15) is 36.1 Å². The molecule has 0 radical (unpaired) electrons. The largest absolute Gasteiger partial charge is 0.502 e. The average molecular weight is 546 g/mol. The van der Waals surface area contributed by atoms with Crippen molar-refractivity contribution in [3.05, 3.63) is 74.5 Å². The first-order chi connectivity index (χ1) is 18.7. The number of benzene rings is 1. The number of Topliss-reactive ketones (excluding diaryl/α,β-unsaturated/α-hetero) is 1. The Morgan fingerprint density at radius 1 is 1.05 bits per heavy atom. The number of carbonyl (C=O) groups is 4. The molecule has 1 aromatic heterocycles. The molecule has 8 nitrogen and oxygen atoms in total. The molecule has 4 unspecified atom stereocenters. The molecule has 4 atom stereocenters. The SMILES string of the molecule is COc1cc(C2C3=CCC4C(=O)N(Cc5cccs5)C(=O)C4C3CC3=C2C(=O)C(C)=CC3=O)cc(OC)c1O. The molecule has 2 amide bonds. The molecule has 200 valence electrons. The molecule has 1 aliphatic heterocycles. The summed E-state index contributed by atoms with van der Waals surface area (Å²) in [6.45, 7) is 1.85. The van der Waals surface area contributed by atoms with Gasteiger partial charge in [-0.05, 0) is 60.9 Å². The molecule has 2 aromatic rings. The van der Waals surface area contributed by atoms with Crippen LogP contribution in [-0.2, 0) is 25.7 Å². The van der Waals surface area contributed by atoms with Crippen LogP contribution in [0.25, 0.3) is 0 Å². The third-order valence-corrected chi connectivity index (χ3v) is 9.25. The number of methoxy groups -OCH3 is 2. The van der Waals surface area contributed by atoms with Gasteiger partial charge in [0.1, 0.15) is 0 Å². The van der Waals surface area contributed by atoms with Crippen molar-refractivity contribution in [1.29, 1.82) is 0 Å². The molecule has 6 rings (SSSR count). The van der Waals surface area contributed by atoms with Gasteiger partial charge in [-0.1, -0.05) is 17.7 Å². The van der Waals surface area contributed by atoms with Gasteiger partial charge in [0.2, 0.25) is 17.6 Å². The third kappa shape index (κ3) is 3.78. The number of allylic oxidation sites excluding steroid dienone is 6. The summed E-state index contributed by atoms with van der Waals surface area (Å²) in [5.41, 5.74) is 2.54. The van der Waals surface area contributed by atoms with Gasteiger partial charge in [-0.25, -0.2) is 0 Å². The Morgan fingerprint density at radius 3 is 2.41 bits per heavy atom. The first-order valence-corrected chi connectivity index (χ1v) is 13.7. The normalized spacial score (nSPS) is 26.2. The highest BCUT2D eigenvalue weighted by Crippen LogP contribution is 2.56. The Balaban J connectivity index is 1.49. The Kier molecular flexibility index (Phi) is 6.06. The molecule has 3 aliphatic carbocycles. The van der Waals surface area contributed by atoms with Crippen LogP contribution in [-0.4, -0.2) is 47.6 Å². The molecule has 1 N–H and O–H groups in total. The van der Waals surface area contributed by atoms with Crippen molar-refractivity contribution in [2.24, 2.45) is 17.8 Å². The number of fused-ring (bicyclic) bond motifs is 3. The van der Waals surface area contributed by atoms with Crippen LogP contribution in [0.3, 0.4) is 0 Å². The highest BCUT2D eigenvalue weighted by molar-refractivity contribution is 7.09. The molecule has 4 aliphatic rings. The number of thiophene rings is 1. The fourth-order valence-corrected chi connectivity index (χ4v) is 7.29. The van der Waals surface area contributed by atoms with Crippen LogP contribution in [0.2, 0.25) is 0 Å². The fraction of sp³-hybridized carbons (Fsp3) is 0.333. The number of aromatic hydroxyl groups is 1. The molecule has 39 heavy (non-hydrogen) atoms. The minimum atomic E-state index is -0.655. The number of imide groups is 1. The van der Waals surface area contributed by atoms with Crippen molar-refractivity contribution < 1.29 is 33.8 Å². The van der Waals surface area contributed by atoms with Gasteiger partial charge in [-0.2, -0.15) is 0 Å². The van der Waals surface area contributed by atoms with Gasteiger partial charge in [-0.15, -0.1) is 11.3 Å². The van der Waals surface area contributed by atoms with E-state index in [9.17, 15) is 24.3 Å². The summed E-state index contributed by atoms with van der Waals surface area (Å²) in [4.78, 5) is 56.4. The summed E-state index contributed by atoms with van der Waals surface area (Å²) in [5, 5.41) is 12.5. The molecular weight excluding hydrogens is 518 g/mol. The summed E-state index contributed by atoms with van der Waals surface area (Å²) < 4.78 is 10.8. The van der Waals surface area contributed by atoms with Crippen LogP contribution in [0.15, 0.2) is 64.1 Å². The van der Waals surface area contributed by atoms with E-state index in [-0.39, 0.29) is 53.6 Å². The van der Waals surface area contributed by atoms with Crippen LogP contribution in [0.4, 0.5) is 0 Å². The zero-order valence-corrected chi connectivity index (χ0v) is 22.5. The molecular formula is C30H27NO7S. The second kappa shape index (κ2) is 9.34. The van der Waals surface area contributed by atoms with Gasteiger partial charge in [-0.3, -0.25) is 24.1 Å². The first kappa shape index (κ1) is 25.3. The Bertz CT molecular complexity index is 1510. The van der Waals surface area contributed by atoms with Gasteiger partial charge < -0.3 is 14.6 Å². The monoisotopic (exact) mass is 545 g/mol. The second-order valence-electron chi connectivity index (χ2n) is 10.3. The standard InChI is InChI=1S/C30H27NO7S/c1-14-9-21(32)20-12-19-17(6-7-18-25(19)30(36)31(29(18)35)13-16-5-4-8-39-16)24(26(20)27(14)33)15-10-22(37-2)28(34)23(11-15)38-3/h4-6,8-11,18-19,24-25,34H,7,12-13H2,1-3H3. The van der Waals surface area contributed by atoms with Crippen LogP contribution in [0, 0.1) is 17.8 Å². The number of likely N-dealkylation sites (tertiary alicyclic amines) is 1. The van der Waals surface area contributed by atoms with E-state index in [0.717, 1.165) is 10.5 Å². The first-order valence-electron chi connectivity index (χ1n) is 12.8. The summed E-state index contributed by atoms with van der Waals surface area (Å²) in [6, 6.07) is 7.06. The van der Waals surface area contributed by atoms with E-state index in [1.165, 1.54) is 36.5 Å². The lowest BCUT2D eigenvalue weighted by molar-refractivity contribution is -0.140. The maximum absolute atomic E-state index is 13.8. The zero-order chi connectivity index (χ0) is 27.6. The van der Waals surface area contributed by atoms with Crippen molar-refractivity contribution in [2.75, 3.05) is 14.2 Å². The van der Waals surface area contributed by atoms with Crippen molar-refractivity contribution in [2.45, 2.75) is 32.2 Å². The van der Waals surface area contributed by atoms with E-state index < -0.39 is 23.7 Å². The minimum absolute atomic E-state index is 0.166. The highest BCUT2D eigenvalue weighted by Gasteiger charge is 2.56. The van der Waals surface area contributed by atoms with E-state index in [2.05, 4.69) is 0 Å². The topological polar surface area (TPSA) is 110 Å². The van der Waals surface area contributed by atoms with E-state index in [1.54, 1.807) is 19.1 Å². The number of nitrogens with zero attached hydrogens (tertiary/aromatic N) is 1. The van der Waals surface area contributed by atoms with Gasteiger partial charge in [0.05, 0.1) is 32.6 Å². The molecule has 1 fully saturated rings. The molecule has 0 saturated carbocycles. The predicted molar refractivity (Wildman–Crippen MR) is 142 cm³/mol. The number of phenols is 1. The van der Waals surface area contributed by atoms with Gasteiger partial charge in [0.15, 0.2) is 23.1 Å². The van der Waals surface area contributed by atoms with E-state index >= 15 is 0 Å². The summed E-state index contributed by atoms with van der Waals surface area (Å²) in [7, 11) is 2.84. The molecule has 0 spiro atoms. The van der Waals surface area contributed by atoms with Crippen LogP contribution < -0.4 is 9.47 Å². The highest BCUT2D eigenvalue weighted by atomic mass is 32.1. The van der Waals surface area contributed by atoms with E-state index in [4.69, 9.17) is 9.47 Å². The molecule has 0 bridgehead atoms. The third-order valence-electron chi connectivity index (χ3n) is 8.39. The lowest BCUT2D eigenvalue weighted by Gasteiger charge is -2.42. The Labute approximate surface area is 229 Å². The van der Waals surface area contributed by atoms with Crippen LogP contribution >= 0.6 is 11.3 Å². The zero-order valence-electron chi connectivity index (χ0n) is 21.7.